The quantitative estimate of drug-likeness (QED) is 0.809. The van der Waals surface area contributed by atoms with Crippen LogP contribution in [0.15, 0.2) is 24.3 Å². The molecule has 1 aliphatic heterocycles. The molecule has 4 nitrogen and oxygen atoms in total. The largest absolute Gasteiger partial charge is 0.490 e. The van der Waals surface area contributed by atoms with E-state index in [2.05, 4.69) is 4.90 Å². The number of nitrogens with zero attached hydrogens (tertiary/aromatic N) is 1. The minimum atomic E-state index is 0. The Balaban J connectivity index is 0.00000132. The topological polar surface area (TPSA) is 47.7 Å². The van der Waals surface area contributed by atoms with Crippen molar-refractivity contribution in [3.63, 3.8) is 0 Å². The lowest BCUT2D eigenvalue weighted by Gasteiger charge is -2.17. The van der Waals surface area contributed by atoms with Gasteiger partial charge in [0, 0.05) is 25.7 Å². The average Bonchev–Trinajstić information content (AvgIpc) is 3.25. The molecule has 132 valence electrons. The van der Waals surface area contributed by atoms with Crippen molar-refractivity contribution in [3.8, 4) is 11.5 Å². The Morgan fingerprint density at radius 1 is 1.09 bits per heavy atom. The minimum Gasteiger partial charge on any atom is -0.490 e. The van der Waals surface area contributed by atoms with Gasteiger partial charge in [-0.05, 0) is 43.7 Å². The summed E-state index contributed by atoms with van der Waals surface area (Å²) in [5.41, 5.74) is 6.25. The highest BCUT2D eigenvalue weighted by atomic mass is 35.5. The molecule has 1 heterocycles. The van der Waals surface area contributed by atoms with Crippen molar-refractivity contribution in [1.29, 1.82) is 0 Å². The number of hydrogen-bond donors (Lipinski definition) is 1. The number of rotatable bonds is 7. The molecule has 2 atom stereocenters. The van der Waals surface area contributed by atoms with Crippen LogP contribution in [0.2, 0.25) is 0 Å². The molecular weight excluding hydrogens is 335 g/mol. The molecule has 0 amide bonds. The number of hydrogen-bond acceptors (Lipinski definition) is 4. The second kappa shape index (κ2) is 9.58. The van der Waals surface area contributed by atoms with Gasteiger partial charge in [0.1, 0.15) is 6.61 Å². The van der Waals surface area contributed by atoms with Crippen LogP contribution < -0.4 is 15.2 Å². The van der Waals surface area contributed by atoms with Gasteiger partial charge in [-0.3, -0.25) is 4.90 Å². The van der Waals surface area contributed by atoms with Crippen LogP contribution in [0.5, 0.6) is 11.5 Å². The van der Waals surface area contributed by atoms with Gasteiger partial charge in [-0.2, -0.15) is 0 Å². The molecule has 1 aromatic carbocycles. The molecule has 6 heteroatoms. The van der Waals surface area contributed by atoms with Crippen molar-refractivity contribution in [3.05, 3.63) is 24.3 Å². The van der Waals surface area contributed by atoms with Gasteiger partial charge in [0.05, 0.1) is 6.61 Å². The van der Waals surface area contributed by atoms with Gasteiger partial charge in [0.2, 0.25) is 0 Å². The van der Waals surface area contributed by atoms with Crippen molar-refractivity contribution in [2.75, 3.05) is 32.8 Å². The average molecular weight is 363 g/mol. The monoisotopic (exact) mass is 362 g/mol. The number of para-hydroxylation sites is 2. The molecule has 2 fully saturated rings. The van der Waals surface area contributed by atoms with E-state index in [0.717, 1.165) is 37.1 Å². The van der Waals surface area contributed by atoms with Crippen molar-refractivity contribution in [2.24, 2.45) is 17.6 Å². The first-order chi connectivity index (χ1) is 10.3. The van der Waals surface area contributed by atoms with Crippen LogP contribution >= 0.6 is 24.8 Å². The normalized spacial score (nSPS) is 23.7. The minimum absolute atomic E-state index is 0. The maximum absolute atomic E-state index is 6.25. The zero-order chi connectivity index (χ0) is 14.7. The number of benzene rings is 1. The number of likely N-dealkylation sites (tertiary alicyclic amines) is 1. The fraction of sp³-hybridized carbons (Fsp3) is 0.647. The lowest BCUT2D eigenvalue weighted by Crippen LogP contribution is -2.31. The summed E-state index contributed by atoms with van der Waals surface area (Å²) < 4.78 is 11.5. The standard InChI is InChI=1S/C17H26N2O2.2ClH/c1-2-20-16-5-3-4-6-17(16)21-10-9-19-11-14(13-7-8-13)15(18)12-19;;/h3-6,13-15H,2,7-12,18H2,1H3;2*1H/t14-,15+;;/m1../s1. The Bertz CT molecular complexity index is 472. The first-order valence-corrected chi connectivity index (χ1v) is 8.10. The van der Waals surface area contributed by atoms with Gasteiger partial charge in [0.15, 0.2) is 11.5 Å². The van der Waals surface area contributed by atoms with E-state index in [4.69, 9.17) is 15.2 Å². The van der Waals surface area contributed by atoms with Gasteiger partial charge in [0.25, 0.3) is 0 Å². The van der Waals surface area contributed by atoms with Crippen molar-refractivity contribution in [1.82, 2.24) is 4.90 Å². The van der Waals surface area contributed by atoms with Gasteiger partial charge in [-0.25, -0.2) is 0 Å². The first kappa shape index (κ1) is 20.4. The molecule has 2 aliphatic rings. The van der Waals surface area contributed by atoms with E-state index in [9.17, 15) is 0 Å². The van der Waals surface area contributed by atoms with Gasteiger partial charge in [-0.1, -0.05) is 12.1 Å². The molecule has 2 N–H and O–H groups in total. The molecule has 0 radical (unpaired) electrons. The van der Waals surface area contributed by atoms with Crippen LogP contribution in [0.1, 0.15) is 19.8 Å². The molecule has 0 unspecified atom stereocenters. The predicted molar refractivity (Wildman–Crippen MR) is 98.2 cm³/mol. The first-order valence-electron chi connectivity index (χ1n) is 8.10. The van der Waals surface area contributed by atoms with E-state index in [-0.39, 0.29) is 24.8 Å². The lowest BCUT2D eigenvalue weighted by molar-refractivity contribution is 0.220. The number of halogens is 2. The van der Waals surface area contributed by atoms with E-state index >= 15 is 0 Å². The van der Waals surface area contributed by atoms with Crippen molar-refractivity contribution in [2.45, 2.75) is 25.8 Å². The molecule has 0 aromatic heterocycles. The van der Waals surface area contributed by atoms with Crippen LogP contribution in [-0.4, -0.2) is 43.8 Å². The predicted octanol–water partition coefficient (Wildman–Crippen LogP) is 2.98. The molecule has 1 aromatic rings. The highest BCUT2D eigenvalue weighted by Crippen LogP contribution is 2.40. The summed E-state index contributed by atoms with van der Waals surface area (Å²) in [5, 5.41) is 0. The summed E-state index contributed by atoms with van der Waals surface area (Å²) >= 11 is 0. The van der Waals surface area contributed by atoms with Crippen LogP contribution in [0.3, 0.4) is 0 Å². The second-order valence-electron chi connectivity index (χ2n) is 6.15. The molecular formula is C17H28Cl2N2O2. The Kier molecular flexibility index (Phi) is 8.48. The third-order valence-corrected chi connectivity index (χ3v) is 4.53. The highest BCUT2D eigenvalue weighted by molar-refractivity contribution is 5.85. The fourth-order valence-electron chi connectivity index (χ4n) is 3.28. The van der Waals surface area contributed by atoms with Gasteiger partial charge in [-0.15, -0.1) is 24.8 Å². The van der Waals surface area contributed by atoms with Crippen LogP contribution in [0.25, 0.3) is 0 Å². The van der Waals surface area contributed by atoms with Crippen LogP contribution in [0.4, 0.5) is 0 Å². The molecule has 0 spiro atoms. The van der Waals surface area contributed by atoms with E-state index in [0.29, 0.717) is 25.2 Å². The summed E-state index contributed by atoms with van der Waals surface area (Å²) in [5.74, 6) is 3.26. The number of ether oxygens (including phenoxy) is 2. The summed E-state index contributed by atoms with van der Waals surface area (Å²) in [6, 6.07) is 8.22. The van der Waals surface area contributed by atoms with E-state index in [1.807, 2.05) is 31.2 Å². The molecule has 1 aliphatic carbocycles. The maximum Gasteiger partial charge on any atom is 0.161 e. The Labute approximate surface area is 151 Å². The SMILES string of the molecule is CCOc1ccccc1OCCN1C[C@H](C2CC2)[C@@H](N)C1.Cl.Cl. The van der Waals surface area contributed by atoms with Gasteiger partial charge < -0.3 is 15.2 Å². The van der Waals surface area contributed by atoms with E-state index < -0.39 is 0 Å². The third kappa shape index (κ3) is 5.42. The van der Waals surface area contributed by atoms with Crippen LogP contribution in [0, 0.1) is 11.8 Å². The lowest BCUT2D eigenvalue weighted by atomic mass is 9.99. The van der Waals surface area contributed by atoms with E-state index in [1.54, 1.807) is 0 Å². The summed E-state index contributed by atoms with van der Waals surface area (Å²) in [7, 11) is 0. The summed E-state index contributed by atoms with van der Waals surface area (Å²) in [4.78, 5) is 2.44. The third-order valence-electron chi connectivity index (χ3n) is 4.53. The highest BCUT2D eigenvalue weighted by Gasteiger charge is 2.40. The van der Waals surface area contributed by atoms with Crippen LogP contribution in [-0.2, 0) is 0 Å². The zero-order valence-corrected chi connectivity index (χ0v) is 15.3. The van der Waals surface area contributed by atoms with E-state index in [1.165, 1.54) is 12.8 Å². The maximum atomic E-state index is 6.25. The zero-order valence-electron chi connectivity index (χ0n) is 13.6. The molecule has 0 bridgehead atoms. The summed E-state index contributed by atoms with van der Waals surface area (Å²) in [6.45, 7) is 6.43. The Morgan fingerprint density at radius 3 is 2.35 bits per heavy atom. The fourth-order valence-corrected chi connectivity index (χ4v) is 3.28. The smallest absolute Gasteiger partial charge is 0.161 e. The summed E-state index contributed by atoms with van der Waals surface area (Å²) in [6.07, 6.45) is 2.76. The molecule has 1 saturated carbocycles. The van der Waals surface area contributed by atoms with Crippen molar-refractivity contribution >= 4 is 24.8 Å². The Hall–Kier alpha value is -0.680. The molecule has 1 saturated heterocycles. The molecule has 23 heavy (non-hydrogen) atoms. The van der Waals surface area contributed by atoms with Gasteiger partial charge >= 0.3 is 0 Å². The Morgan fingerprint density at radius 2 is 1.74 bits per heavy atom. The number of nitrogens with two attached hydrogens (primary N) is 1. The molecule has 3 rings (SSSR count). The van der Waals surface area contributed by atoms with Crippen molar-refractivity contribution < 1.29 is 9.47 Å². The second-order valence-corrected chi connectivity index (χ2v) is 6.15.